The van der Waals surface area contributed by atoms with Crippen molar-refractivity contribution in [1.29, 1.82) is 0 Å². The third kappa shape index (κ3) is 6.70. The van der Waals surface area contributed by atoms with E-state index in [-0.39, 0.29) is 23.3 Å². The zero-order valence-electron chi connectivity index (χ0n) is 21.5. The van der Waals surface area contributed by atoms with Crippen LogP contribution in [0.4, 0.5) is 23.0 Å². The summed E-state index contributed by atoms with van der Waals surface area (Å²) in [5.74, 6) is 0.972. The number of nitrogens with zero attached hydrogens (tertiary/aromatic N) is 4. The molecule has 2 N–H and O–H groups in total. The van der Waals surface area contributed by atoms with E-state index in [0.29, 0.717) is 28.4 Å². The van der Waals surface area contributed by atoms with Gasteiger partial charge in [-0.2, -0.15) is 0 Å². The summed E-state index contributed by atoms with van der Waals surface area (Å²) in [7, 11) is 9.09. The minimum absolute atomic E-state index is 0.197. The van der Waals surface area contributed by atoms with Crippen molar-refractivity contribution in [3.05, 3.63) is 59.9 Å². The Morgan fingerprint density at radius 2 is 1.67 bits per heavy atom. The van der Waals surface area contributed by atoms with Crippen LogP contribution in [-0.4, -0.2) is 75.0 Å². The first-order valence-corrected chi connectivity index (χ1v) is 11.4. The van der Waals surface area contributed by atoms with Crippen LogP contribution in [0.15, 0.2) is 48.7 Å². The zero-order chi connectivity index (χ0) is 26.2. The number of likely N-dealkylation sites (N-methyl/N-ethyl adjacent to an activating group) is 2. The Labute approximate surface area is 211 Å². The maximum atomic E-state index is 12.9. The first kappa shape index (κ1) is 26.4. The Morgan fingerprint density at radius 1 is 0.944 bits per heavy atom. The van der Waals surface area contributed by atoms with E-state index in [1.807, 2.05) is 32.1 Å². The maximum Gasteiger partial charge on any atom is 0.227 e. The number of anilines is 4. The van der Waals surface area contributed by atoms with E-state index in [4.69, 9.17) is 9.47 Å². The zero-order valence-corrected chi connectivity index (χ0v) is 21.5. The van der Waals surface area contributed by atoms with Crippen LogP contribution in [0.25, 0.3) is 0 Å². The van der Waals surface area contributed by atoms with Crippen molar-refractivity contribution >= 4 is 34.7 Å². The molecule has 0 saturated heterocycles. The van der Waals surface area contributed by atoms with Crippen molar-refractivity contribution < 1.29 is 19.1 Å². The molecule has 0 atom stereocenters. The first-order valence-electron chi connectivity index (χ1n) is 11.4. The molecule has 0 fully saturated rings. The highest BCUT2D eigenvalue weighted by Crippen LogP contribution is 2.37. The summed E-state index contributed by atoms with van der Waals surface area (Å²) in [4.78, 5) is 37.6. The lowest BCUT2D eigenvalue weighted by Crippen LogP contribution is -2.29. The monoisotopic (exact) mass is 492 g/mol. The average Bonchev–Trinajstić information content (AvgIpc) is 2.87. The molecular formula is C26H32N6O4. The second-order valence-corrected chi connectivity index (χ2v) is 8.42. The molecular weight excluding hydrogens is 460 g/mol. The molecule has 0 aliphatic rings. The third-order valence-electron chi connectivity index (χ3n) is 5.41. The van der Waals surface area contributed by atoms with Crippen LogP contribution in [0.3, 0.4) is 0 Å². The van der Waals surface area contributed by atoms with E-state index >= 15 is 0 Å². The summed E-state index contributed by atoms with van der Waals surface area (Å²) < 4.78 is 10.8. The molecule has 3 rings (SSSR count). The minimum Gasteiger partial charge on any atom is -0.497 e. The second-order valence-electron chi connectivity index (χ2n) is 8.42. The van der Waals surface area contributed by atoms with Crippen molar-refractivity contribution in [2.75, 3.05) is 64.0 Å². The van der Waals surface area contributed by atoms with Gasteiger partial charge in [-0.15, -0.1) is 0 Å². The normalized spacial score (nSPS) is 10.6. The maximum absolute atomic E-state index is 12.9. The molecule has 36 heavy (non-hydrogen) atoms. The predicted molar refractivity (Wildman–Crippen MR) is 141 cm³/mol. The number of nitrogens with one attached hydrogen (secondary N) is 2. The summed E-state index contributed by atoms with van der Waals surface area (Å²) in [5, 5.41) is 6.01. The number of methoxy groups -OCH3 is 2. The van der Waals surface area contributed by atoms with Gasteiger partial charge in [0.05, 0.1) is 31.3 Å². The van der Waals surface area contributed by atoms with Crippen LogP contribution >= 0.6 is 0 Å². The molecule has 10 nitrogen and oxygen atoms in total. The fourth-order valence-electron chi connectivity index (χ4n) is 3.47. The molecule has 0 aliphatic carbocycles. The predicted octanol–water partition coefficient (Wildman–Crippen LogP) is 3.42. The van der Waals surface area contributed by atoms with Gasteiger partial charge in [-0.1, -0.05) is 0 Å². The molecule has 1 heterocycles. The molecule has 0 aliphatic heterocycles. The lowest BCUT2D eigenvalue weighted by Gasteiger charge is -2.25. The van der Waals surface area contributed by atoms with Crippen molar-refractivity contribution in [2.45, 2.75) is 6.92 Å². The molecule has 0 spiro atoms. The topological polar surface area (TPSA) is 109 Å². The largest absolute Gasteiger partial charge is 0.497 e. The number of amides is 1. The SMILES string of the molecule is COc1ccc(C(=O)c2ccnc(Nc3cc(NC(C)=O)c(N(C)CCN(C)C)cc3OC)n2)cc1. The van der Waals surface area contributed by atoms with E-state index in [1.54, 1.807) is 50.6 Å². The van der Waals surface area contributed by atoms with Gasteiger partial charge in [0, 0.05) is 44.9 Å². The molecule has 0 bridgehead atoms. The summed E-state index contributed by atoms with van der Waals surface area (Å²) in [6.07, 6.45) is 1.51. The fraction of sp³-hybridized carbons (Fsp3) is 0.308. The number of carbonyl (C=O) groups is 2. The van der Waals surface area contributed by atoms with Crippen LogP contribution < -0.4 is 25.0 Å². The second kappa shape index (κ2) is 12.0. The highest BCUT2D eigenvalue weighted by molar-refractivity contribution is 6.07. The summed E-state index contributed by atoms with van der Waals surface area (Å²) in [6.45, 7) is 3.04. The number of benzene rings is 2. The number of ketones is 1. The van der Waals surface area contributed by atoms with Crippen molar-refractivity contribution in [2.24, 2.45) is 0 Å². The summed E-state index contributed by atoms with van der Waals surface area (Å²) in [5.41, 5.74) is 2.67. The number of carbonyl (C=O) groups excluding carboxylic acids is 2. The molecule has 10 heteroatoms. The molecule has 3 aromatic rings. The van der Waals surface area contributed by atoms with Gasteiger partial charge < -0.3 is 29.9 Å². The Hall–Kier alpha value is -4.18. The van der Waals surface area contributed by atoms with Crippen molar-refractivity contribution in [3.8, 4) is 11.5 Å². The smallest absolute Gasteiger partial charge is 0.227 e. The van der Waals surface area contributed by atoms with Crippen molar-refractivity contribution in [1.82, 2.24) is 14.9 Å². The van der Waals surface area contributed by atoms with E-state index < -0.39 is 0 Å². The van der Waals surface area contributed by atoms with E-state index in [0.717, 1.165) is 18.8 Å². The van der Waals surface area contributed by atoms with Crippen LogP contribution in [-0.2, 0) is 4.79 Å². The van der Waals surface area contributed by atoms with E-state index in [1.165, 1.54) is 13.1 Å². The van der Waals surface area contributed by atoms with Gasteiger partial charge in [0.2, 0.25) is 17.6 Å². The molecule has 0 radical (unpaired) electrons. The van der Waals surface area contributed by atoms with Gasteiger partial charge in [-0.3, -0.25) is 9.59 Å². The molecule has 190 valence electrons. The molecule has 1 amide bonds. The van der Waals surface area contributed by atoms with Gasteiger partial charge >= 0.3 is 0 Å². The Bertz CT molecular complexity index is 1210. The Kier molecular flexibility index (Phi) is 8.80. The quantitative estimate of drug-likeness (QED) is 0.389. The standard InChI is InChI=1S/C26H32N6O4/c1-17(33)28-21-15-22(24(36-6)16-23(21)32(4)14-13-31(2)3)30-26-27-12-11-20(29-26)25(34)18-7-9-19(35-5)10-8-18/h7-12,15-16H,13-14H2,1-6H3,(H,28,33)(H,27,29,30). The minimum atomic E-state index is -0.244. The van der Waals surface area contributed by atoms with E-state index in [9.17, 15) is 9.59 Å². The fourth-order valence-corrected chi connectivity index (χ4v) is 3.47. The number of ether oxygens (including phenoxy) is 2. The summed E-state index contributed by atoms with van der Waals surface area (Å²) in [6, 6.07) is 12.0. The third-order valence-corrected chi connectivity index (χ3v) is 5.41. The van der Waals surface area contributed by atoms with Gasteiger partial charge in [0.15, 0.2) is 0 Å². The van der Waals surface area contributed by atoms with Crippen LogP contribution in [0.1, 0.15) is 23.0 Å². The number of aromatic nitrogens is 2. The average molecular weight is 493 g/mol. The van der Waals surface area contributed by atoms with Gasteiger partial charge in [0.1, 0.15) is 17.2 Å². The van der Waals surface area contributed by atoms with E-state index in [2.05, 4.69) is 25.5 Å². The highest BCUT2D eigenvalue weighted by atomic mass is 16.5. The van der Waals surface area contributed by atoms with Crippen molar-refractivity contribution in [3.63, 3.8) is 0 Å². The van der Waals surface area contributed by atoms with Gasteiger partial charge in [0.25, 0.3) is 0 Å². The molecule has 2 aromatic carbocycles. The first-order chi connectivity index (χ1) is 17.2. The lowest BCUT2D eigenvalue weighted by molar-refractivity contribution is -0.114. The van der Waals surface area contributed by atoms with Crippen LogP contribution in [0.5, 0.6) is 11.5 Å². The van der Waals surface area contributed by atoms with Gasteiger partial charge in [-0.05, 0) is 50.5 Å². The Balaban J connectivity index is 1.91. The highest BCUT2D eigenvalue weighted by Gasteiger charge is 2.17. The molecule has 0 unspecified atom stereocenters. The van der Waals surface area contributed by atoms with Gasteiger partial charge in [-0.25, -0.2) is 9.97 Å². The summed E-state index contributed by atoms with van der Waals surface area (Å²) >= 11 is 0. The van der Waals surface area contributed by atoms with Crippen LogP contribution in [0, 0.1) is 0 Å². The lowest BCUT2D eigenvalue weighted by atomic mass is 10.1. The Morgan fingerprint density at radius 3 is 2.28 bits per heavy atom. The number of rotatable bonds is 11. The molecule has 0 saturated carbocycles. The number of hydrogen-bond acceptors (Lipinski definition) is 9. The van der Waals surface area contributed by atoms with Crippen LogP contribution in [0.2, 0.25) is 0 Å². The molecule has 1 aromatic heterocycles. The number of hydrogen-bond donors (Lipinski definition) is 2.